The Morgan fingerprint density at radius 2 is 2.00 bits per heavy atom. The fourth-order valence-corrected chi connectivity index (χ4v) is 3.53. The van der Waals surface area contributed by atoms with E-state index in [0.29, 0.717) is 0 Å². The fraction of sp³-hybridized carbons (Fsp3) is 0.0625. The molecule has 1 N–H and O–H groups in total. The Morgan fingerprint density at radius 3 is 2.81 bits per heavy atom. The molecule has 2 nitrogen and oxygen atoms in total. The maximum absolute atomic E-state index is 4.65. The van der Waals surface area contributed by atoms with Crippen molar-refractivity contribution in [1.82, 2.24) is 4.98 Å². The Bertz CT molecular complexity index is 755. The third-order valence-corrected chi connectivity index (χ3v) is 4.92. The standard InChI is InChI=1S/C16H13BrN2S2/c1-20-14-7-3-6-13(9-14)18-16-19-15(10-21-16)11-4-2-5-12(17)8-11/h2-10H,1H3,(H,18,19). The topological polar surface area (TPSA) is 24.9 Å². The zero-order valence-electron chi connectivity index (χ0n) is 11.3. The van der Waals surface area contributed by atoms with E-state index in [2.05, 4.69) is 74.3 Å². The van der Waals surface area contributed by atoms with Gasteiger partial charge in [0.15, 0.2) is 5.13 Å². The number of nitrogens with one attached hydrogen (secondary N) is 1. The van der Waals surface area contributed by atoms with Crippen LogP contribution in [0.4, 0.5) is 10.8 Å². The number of rotatable bonds is 4. The fourth-order valence-electron chi connectivity index (χ4n) is 1.94. The first-order valence-corrected chi connectivity index (χ1v) is 9.27. The summed E-state index contributed by atoms with van der Waals surface area (Å²) in [5.74, 6) is 0. The molecule has 0 saturated carbocycles. The van der Waals surface area contributed by atoms with E-state index in [4.69, 9.17) is 0 Å². The lowest BCUT2D eigenvalue weighted by Crippen LogP contribution is -1.89. The first-order valence-electron chi connectivity index (χ1n) is 6.37. The zero-order valence-corrected chi connectivity index (χ0v) is 14.6. The van der Waals surface area contributed by atoms with Crippen LogP contribution in [0.2, 0.25) is 0 Å². The molecule has 0 unspecified atom stereocenters. The molecular formula is C16H13BrN2S2. The summed E-state index contributed by atoms with van der Waals surface area (Å²) in [6.45, 7) is 0. The van der Waals surface area contributed by atoms with Gasteiger partial charge in [0.25, 0.3) is 0 Å². The Hall–Kier alpha value is -1.30. The molecule has 0 amide bonds. The molecule has 5 heteroatoms. The minimum absolute atomic E-state index is 0.906. The Balaban J connectivity index is 1.81. The maximum atomic E-state index is 4.65. The number of thiazole rings is 1. The molecule has 1 aromatic heterocycles. The van der Waals surface area contributed by atoms with Crippen molar-refractivity contribution in [2.24, 2.45) is 0 Å². The average Bonchev–Trinajstić information content (AvgIpc) is 2.96. The van der Waals surface area contributed by atoms with Gasteiger partial charge in [0.2, 0.25) is 0 Å². The number of hydrogen-bond acceptors (Lipinski definition) is 4. The van der Waals surface area contributed by atoms with Gasteiger partial charge in [0.1, 0.15) is 0 Å². The summed E-state index contributed by atoms with van der Waals surface area (Å²) in [4.78, 5) is 5.89. The molecule has 0 spiro atoms. The summed E-state index contributed by atoms with van der Waals surface area (Å²) >= 11 is 6.84. The van der Waals surface area contributed by atoms with Gasteiger partial charge in [0, 0.05) is 26.0 Å². The smallest absolute Gasteiger partial charge is 0.187 e. The number of hydrogen-bond donors (Lipinski definition) is 1. The lowest BCUT2D eigenvalue weighted by Gasteiger charge is -2.04. The Morgan fingerprint density at radius 1 is 1.14 bits per heavy atom. The first-order chi connectivity index (χ1) is 10.2. The summed E-state index contributed by atoms with van der Waals surface area (Å²) in [7, 11) is 0. The van der Waals surface area contributed by atoms with Gasteiger partial charge in [-0.2, -0.15) is 0 Å². The summed E-state index contributed by atoms with van der Waals surface area (Å²) in [5, 5.41) is 6.34. The first kappa shape index (κ1) is 14.6. The summed E-state index contributed by atoms with van der Waals surface area (Å²) in [6, 6.07) is 16.5. The van der Waals surface area contributed by atoms with Gasteiger partial charge in [-0.05, 0) is 36.6 Å². The molecular weight excluding hydrogens is 364 g/mol. The second-order valence-corrected chi connectivity index (χ2v) is 7.06. The highest BCUT2D eigenvalue weighted by molar-refractivity contribution is 9.10. The van der Waals surface area contributed by atoms with E-state index in [0.717, 1.165) is 26.5 Å². The van der Waals surface area contributed by atoms with Gasteiger partial charge in [-0.15, -0.1) is 23.1 Å². The van der Waals surface area contributed by atoms with Crippen molar-refractivity contribution >= 4 is 49.8 Å². The van der Waals surface area contributed by atoms with Gasteiger partial charge >= 0.3 is 0 Å². The predicted molar refractivity (Wildman–Crippen MR) is 96.8 cm³/mol. The molecule has 2 aromatic carbocycles. The second-order valence-electron chi connectivity index (χ2n) is 4.41. The molecule has 0 radical (unpaired) electrons. The van der Waals surface area contributed by atoms with Crippen molar-refractivity contribution < 1.29 is 0 Å². The number of halogens is 1. The van der Waals surface area contributed by atoms with Gasteiger partial charge in [-0.3, -0.25) is 0 Å². The number of aromatic nitrogens is 1. The van der Waals surface area contributed by atoms with E-state index >= 15 is 0 Å². The third-order valence-electron chi connectivity index (χ3n) is 2.95. The van der Waals surface area contributed by atoms with Gasteiger partial charge in [-0.25, -0.2) is 4.98 Å². The maximum Gasteiger partial charge on any atom is 0.187 e. The zero-order chi connectivity index (χ0) is 14.7. The van der Waals surface area contributed by atoms with E-state index in [1.54, 1.807) is 23.1 Å². The number of anilines is 2. The lowest BCUT2D eigenvalue weighted by molar-refractivity contribution is 1.37. The van der Waals surface area contributed by atoms with Crippen LogP contribution < -0.4 is 5.32 Å². The normalized spacial score (nSPS) is 10.6. The molecule has 1 heterocycles. The van der Waals surface area contributed by atoms with Gasteiger partial charge in [0.05, 0.1) is 5.69 Å². The molecule has 3 rings (SSSR count). The van der Waals surface area contributed by atoms with E-state index in [1.165, 1.54) is 4.90 Å². The largest absolute Gasteiger partial charge is 0.332 e. The van der Waals surface area contributed by atoms with Crippen molar-refractivity contribution in [1.29, 1.82) is 0 Å². The number of nitrogens with zero attached hydrogens (tertiary/aromatic N) is 1. The molecule has 106 valence electrons. The SMILES string of the molecule is CSc1cccc(Nc2nc(-c3cccc(Br)c3)cs2)c1. The van der Waals surface area contributed by atoms with E-state index in [-0.39, 0.29) is 0 Å². The van der Waals surface area contributed by atoms with Crippen LogP contribution in [0.15, 0.2) is 63.3 Å². The van der Waals surface area contributed by atoms with Crippen LogP contribution in [0.1, 0.15) is 0 Å². The van der Waals surface area contributed by atoms with Crippen LogP contribution in [0.3, 0.4) is 0 Å². The number of benzene rings is 2. The van der Waals surface area contributed by atoms with Crippen LogP contribution in [0.25, 0.3) is 11.3 Å². The highest BCUT2D eigenvalue weighted by Crippen LogP contribution is 2.29. The summed E-state index contributed by atoms with van der Waals surface area (Å²) in [5.41, 5.74) is 3.17. The molecule has 0 saturated heterocycles. The van der Waals surface area contributed by atoms with Crippen LogP contribution in [0, 0.1) is 0 Å². The van der Waals surface area contributed by atoms with Crippen LogP contribution in [0.5, 0.6) is 0 Å². The molecule has 21 heavy (non-hydrogen) atoms. The predicted octanol–water partition coefficient (Wildman–Crippen LogP) is 6.04. The van der Waals surface area contributed by atoms with Crippen molar-refractivity contribution in [3.8, 4) is 11.3 Å². The van der Waals surface area contributed by atoms with Crippen LogP contribution >= 0.6 is 39.0 Å². The van der Waals surface area contributed by atoms with Crippen molar-refractivity contribution in [2.45, 2.75) is 4.90 Å². The molecule has 0 fully saturated rings. The van der Waals surface area contributed by atoms with Gasteiger partial charge in [-0.1, -0.05) is 34.1 Å². The highest BCUT2D eigenvalue weighted by Gasteiger charge is 2.05. The van der Waals surface area contributed by atoms with E-state index in [1.807, 2.05) is 12.1 Å². The van der Waals surface area contributed by atoms with Crippen LogP contribution in [-0.4, -0.2) is 11.2 Å². The molecule has 3 aromatic rings. The molecule has 0 bridgehead atoms. The summed E-state index contributed by atoms with van der Waals surface area (Å²) < 4.78 is 1.06. The van der Waals surface area contributed by atoms with E-state index in [9.17, 15) is 0 Å². The van der Waals surface area contributed by atoms with Crippen LogP contribution in [-0.2, 0) is 0 Å². The number of thioether (sulfide) groups is 1. The molecule has 0 aliphatic heterocycles. The Kier molecular flexibility index (Phi) is 4.63. The Labute approximate surface area is 140 Å². The average molecular weight is 377 g/mol. The highest BCUT2D eigenvalue weighted by atomic mass is 79.9. The summed E-state index contributed by atoms with van der Waals surface area (Å²) in [6.07, 6.45) is 2.08. The lowest BCUT2D eigenvalue weighted by atomic mass is 10.2. The monoisotopic (exact) mass is 376 g/mol. The third kappa shape index (κ3) is 3.67. The van der Waals surface area contributed by atoms with Crippen molar-refractivity contribution in [3.05, 3.63) is 58.4 Å². The minimum Gasteiger partial charge on any atom is -0.332 e. The van der Waals surface area contributed by atoms with E-state index < -0.39 is 0 Å². The quantitative estimate of drug-likeness (QED) is 0.561. The molecule has 0 atom stereocenters. The van der Waals surface area contributed by atoms with Crippen molar-refractivity contribution in [3.63, 3.8) is 0 Å². The molecule has 0 aliphatic rings. The molecule has 0 aliphatic carbocycles. The van der Waals surface area contributed by atoms with Crippen molar-refractivity contribution in [2.75, 3.05) is 11.6 Å². The van der Waals surface area contributed by atoms with Gasteiger partial charge < -0.3 is 5.32 Å². The minimum atomic E-state index is 0.906. The second kappa shape index (κ2) is 6.64.